The van der Waals surface area contributed by atoms with Crippen LogP contribution in [0.25, 0.3) is 0 Å². The highest BCUT2D eigenvalue weighted by molar-refractivity contribution is 7.90. The summed E-state index contributed by atoms with van der Waals surface area (Å²) in [5, 5.41) is 3.37. The van der Waals surface area contributed by atoms with E-state index in [-0.39, 0.29) is 16.0 Å². The highest BCUT2D eigenvalue weighted by Gasteiger charge is 2.25. The van der Waals surface area contributed by atoms with Gasteiger partial charge in [-0.3, -0.25) is 4.72 Å². The van der Waals surface area contributed by atoms with Crippen LogP contribution in [0, 0.1) is 6.92 Å². The predicted molar refractivity (Wildman–Crippen MR) is 76.0 cm³/mol. The van der Waals surface area contributed by atoms with Gasteiger partial charge in [0.15, 0.2) is 5.15 Å². The fourth-order valence-electron chi connectivity index (χ4n) is 1.80. The van der Waals surface area contributed by atoms with Crippen molar-refractivity contribution in [3.8, 4) is 0 Å². The van der Waals surface area contributed by atoms with Gasteiger partial charge in [-0.1, -0.05) is 23.2 Å². The summed E-state index contributed by atoms with van der Waals surface area (Å²) in [5.41, 5.74) is 0.897. The first-order valence-electron chi connectivity index (χ1n) is 5.71. The molecule has 1 aromatic heterocycles. The van der Waals surface area contributed by atoms with Crippen LogP contribution in [0.15, 0.2) is 6.07 Å². The van der Waals surface area contributed by atoms with Gasteiger partial charge >= 0.3 is 10.2 Å². The fourth-order valence-corrected chi connectivity index (χ4v) is 3.74. The molecule has 2 heterocycles. The summed E-state index contributed by atoms with van der Waals surface area (Å²) in [7, 11) is -3.62. The minimum absolute atomic E-state index is 0.0451. The molecule has 0 atom stereocenters. The summed E-state index contributed by atoms with van der Waals surface area (Å²) in [6.45, 7) is 3.83. The zero-order chi connectivity index (χ0) is 14.0. The van der Waals surface area contributed by atoms with Crippen molar-refractivity contribution in [2.45, 2.75) is 6.92 Å². The Morgan fingerprint density at radius 2 is 2.00 bits per heavy atom. The number of aryl methyl sites for hydroxylation is 1. The second kappa shape index (κ2) is 5.80. The van der Waals surface area contributed by atoms with E-state index in [0.29, 0.717) is 31.7 Å². The van der Waals surface area contributed by atoms with E-state index in [1.54, 1.807) is 13.0 Å². The lowest BCUT2D eigenvalue weighted by atomic mass is 10.3. The van der Waals surface area contributed by atoms with Gasteiger partial charge < -0.3 is 5.32 Å². The van der Waals surface area contributed by atoms with Gasteiger partial charge in [0.25, 0.3) is 0 Å². The monoisotopic (exact) mass is 324 g/mol. The number of halogens is 2. The number of anilines is 1. The molecule has 0 saturated carbocycles. The Hall–Kier alpha value is -0.600. The maximum absolute atomic E-state index is 12.2. The van der Waals surface area contributed by atoms with Crippen molar-refractivity contribution in [2.24, 2.45) is 0 Å². The predicted octanol–water partition coefficient (Wildman–Crippen LogP) is 1.26. The Bertz CT molecular complexity index is 550. The van der Waals surface area contributed by atoms with Crippen molar-refractivity contribution in [3.05, 3.63) is 21.9 Å². The Balaban J connectivity index is 2.25. The molecule has 1 aliphatic rings. The molecule has 0 spiro atoms. The SMILES string of the molecule is Cc1cc(Cl)nc(Cl)c1NS(=O)(=O)N1CCNCC1. The fraction of sp³-hybridized carbons (Fsp3) is 0.500. The molecule has 19 heavy (non-hydrogen) atoms. The average Bonchev–Trinajstić information content (AvgIpc) is 2.35. The normalized spacial score (nSPS) is 17.4. The molecule has 9 heteroatoms. The number of nitrogens with one attached hydrogen (secondary N) is 2. The summed E-state index contributed by atoms with van der Waals surface area (Å²) < 4.78 is 28.3. The standard InChI is InChI=1S/C10H14Cl2N4O2S/c1-7-6-8(11)14-10(12)9(7)15-19(17,18)16-4-2-13-3-5-16/h6,13,15H,2-5H2,1H3. The molecule has 0 bridgehead atoms. The summed E-state index contributed by atoms with van der Waals surface area (Å²) in [5.74, 6) is 0. The van der Waals surface area contributed by atoms with Crippen LogP contribution in [0.5, 0.6) is 0 Å². The Morgan fingerprint density at radius 1 is 1.37 bits per heavy atom. The number of nitrogens with zero attached hydrogens (tertiary/aromatic N) is 2. The summed E-state index contributed by atoms with van der Waals surface area (Å²) in [6.07, 6.45) is 0. The minimum atomic E-state index is -3.62. The van der Waals surface area contributed by atoms with E-state index in [9.17, 15) is 8.42 Å². The van der Waals surface area contributed by atoms with E-state index in [2.05, 4.69) is 15.0 Å². The Labute approximate surface area is 122 Å². The molecule has 0 aliphatic carbocycles. The smallest absolute Gasteiger partial charge is 0.301 e. The third kappa shape index (κ3) is 3.49. The van der Waals surface area contributed by atoms with Crippen LogP contribution in [0.3, 0.4) is 0 Å². The van der Waals surface area contributed by atoms with Crippen molar-refractivity contribution in [1.29, 1.82) is 0 Å². The second-order valence-corrected chi connectivity index (χ2v) is 6.60. The van der Waals surface area contributed by atoms with Crippen LogP contribution in [-0.2, 0) is 10.2 Å². The molecule has 0 amide bonds. The zero-order valence-electron chi connectivity index (χ0n) is 10.3. The number of hydrogen-bond donors (Lipinski definition) is 2. The number of aromatic nitrogens is 1. The summed E-state index contributed by atoms with van der Waals surface area (Å²) in [4.78, 5) is 3.84. The van der Waals surface area contributed by atoms with Gasteiger partial charge in [0.05, 0.1) is 5.69 Å². The van der Waals surface area contributed by atoms with Crippen LogP contribution >= 0.6 is 23.2 Å². The van der Waals surface area contributed by atoms with Crippen molar-refractivity contribution in [2.75, 3.05) is 30.9 Å². The molecule has 0 unspecified atom stereocenters. The van der Waals surface area contributed by atoms with Gasteiger partial charge in [0.2, 0.25) is 0 Å². The van der Waals surface area contributed by atoms with E-state index in [4.69, 9.17) is 23.2 Å². The molecule has 0 aromatic carbocycles. The molecular formula is C10H14Cl2N4O2S. The Morgan fingerprint density at radius 3 is 2.58 bits per heavy atom. The van der Waals surface area contributed by atoms with Crippen molar-refractivity contribution < 1.29 is 8.42 Å². The molecule has 2 rings (SSSR count). The van der Waals surface area contributed by atoms with Gasteiger partial charge in [0, 0.05) is 26.2 Å². The number of hydrogen-bond acceptors (Lipinski definition) is 4. The first-order chi connectivity index (χ1) is 8.90. The highest BCUT2D eigenvalue weighted by Crippen LogP contribution is 2.27. The van der Waals surface area contributed by atoms with Gasteiger partial charge in [-0.15, -0.1) is 0 Å². The molecule has 1 aromatic rings. The van der Waals surface area contributed by atoms with Crippen molar-refractivity contribution >= 4 is 39.1 Å². The van der Waals surface area contributed by atoms with Crippen LogP contribution < -0.4 is 10.0 Å². The molecule has 1 saturated heterocycles. The molecule has 0 radical (unpaired) electrons. The number of pyridine rings is 1. The lowest BCUT2D eigenvalue weighted by Gasteiger charge is -2.27. The highest BCUT2D eigenvalue weighted by atomic mass is 35.5. The minimum Gasteiger partial charge on any atom is -0.314 e. The average molecular weight is 325 g/mol. The lowest BCUT2D eigenvalue weighted by Crippen LogP contribution is -2.48. The lowest BCUT2D eigenvalue weighted by molar-refractivity contribution is 0.362. The van der Waals surface area contributed by atoms with Crippen LogP contribution in [-0.4, -0.2) is 43.9 Å². The molecule has 2 N–H and O–H groups in total. The maximum atomic E-state index is 12.2. The van der Waals surface area contributed by atoms with Gasteiger partial charge in [-0.2, -0.15) is 12.7 Å². The van der Waals surface area contributed by atoms with Crippen LogP contribution in [0.4, 0.5) is 5.69 Å². The van der Waals surface area contributed by atoms with Gasteiger partial charge in [-0.05, 0) is 18.6 Å². The molecule has 1 fully saturated rings. The Kier molecular flexibility index (Phi) is 4.52. The van der Waals surface area contributed by atoms with Crippen LogP contribution in [0.2, 0.25) is 10.3 Å². The van der Waals surface area contributed by atoms with Gasteiger partial charge in [-0.25, -0.2) is 4.98 Å². The molecule has 106 valence electrons. The number of rotatable bonds is 3. The molecule has 1 aliphatic heterocycles. The second-order valence-electron chi connectivity index (χ2n) is 4.18. The third-order valence-electron chi connectivity index (χ3n) is 2.79. The van der Waals surface area contributed by atoms with E-state index >= 15 is 0 Å². The van der Waals surface area contributed by atoms with Crippen LogP contribution in [0.1, 0.15) is 5.56 Å². The largest absolute Gasteiger partial charge is 0.314 e. The summed E-state index contributed by atoms with van der Waals surface area (Å²) >= 11 is 11.7. The zero-order valence-corrected chi connectivity index (χ0v) is 12.6. The first-order valence-corrected chi connectivity index (χ1v) is 7.91. The topological polar surface area (TPSA) is 74.3 Å². The summed E-state index contributed by atoms with van der Waals surface area (Å²) in [6, 6.07) is 1.56. The first kappa shape index (κ1) is 14.8. The maximum Gasteiger partial charge on any atom is 0.301 e. The quantitative estimate of drug-likeness (QED) is 0.821. The van der Waals surface area contributed by atoms with E-state index in [1.807, 2.05) is 0 Å². The van der Waals surface area contributed by atoms with E-state index in [0.717, 1.165) is 0 Å². The van der Waals surface area contributed by atoms with Crippen molar-refractivity contribution in [3.63, 3.8) is 0 Å². The van der Waals surface area contributed by atoms with Crippen molar-refractivity contribution in [1.82, 2.24) is 14.6 Å². The molecule has 6 nitrogen and oxygen atoms in total. The number of piperazine rings is 1. The third-order valence-corrected chi connectivity index (χ3v) is 4.76. The molecular weight excluding hydrogens is 311 g/mol. The van der Waals surface area contributed by atoms with E-state index in [1.165, 1.54) is 4.31 Å². The van der Waals surface area contributed by atoms with Gasteiger partial charge in [0.1, 0.15) is 5.15 Å². The van der Waals surface area contributed by atoms with E-state index < -0.39 is 10.2 Å².